The third-order valence-electron chi connectivity index (χ3n) is 4.38. The van der Waals surface area contributed by atoms with Crippen LogP contribution in [0.4, 0.5) is 0 Å². The molecule has 5 heteroatoms. The highest BCUT2D eigenvalue weighted by atomic mass is 16.3. The number of amides is 1. The van der Waals surface area contributed by atoms with E-state index in [1.54, 1.807) is 6.07 Å². The number of phenolic OH excluding ortho intramolecular Hbond substituents is 2. The van der Waals surface area contributed by atoms with Gasteiger partial charge in [-0.05, 0) is 11.6 Å². The first-order chi connectivity index (χ1) is 11.6. The fourth-order valence-electron chi connectivity index (χ4n) is 2.97. The van der Waals surface area contributed by atoms with E-state index in [1.807, 2.05) is 23.1 Å². The van der Waals surface area contributed by atoms with Crippen LogP contribution in [-0.4, -0.2) is 52.1 Å². The summed E-state index contributed by atoms with van der Waals surface area (Å²) in [4.78, 5) is 16.6. The zero-order chi connectivity index (χ0) is 16.9. The first kappa shape index (κ1) is 16.3. The highest BCUT2D eigenvalue weighted by Gasteiger charge is 2.22. The Labute approximate surface area is 141 Å². The van der Waals surface area contributed by atoms with E-state index < -0.39 is 0 Å². The van der Waals surface area contributed by atoms with Gasteiger partial charge in [0.25, 0.3) is 0 Å². The number of nitrogens with zero attached hydrogens (tertiary/aromatic N) is 2. The minimum absolute atomic E-state index is 0.00164. The van der Waals surface area contributed by atoms with E-state index in [2.05, 4.69) is 17.0 Å². The third-order valence-corrected chi connectivity index (χ3v) is 4.38. The molecule has 0 spiro atoms. The van der Waals surface area contributed by atoms with Crippen molar-refractivity contribution in [1.29, 1.82) is 0 Å². The number of hydrogen-bond acceptors (Lipinski definition) is 4. The number of phenols is 2. The number of carbonyl (C=O) groups excluding carboxylic acids is 1. The monoisotopic (exact) mass is 326 g/mol. The summed E-state index contributed by atoms with van der Waals surface area (Å²) in [5, 5.41) is 19.1. The predicted octanol–water partition coefficient (Wildman–Crippen LogP) is 1.98. The predicted molar refractivity (Wildman–Crippen MR) is 91.8 cm³/mol. The zero-order valence-electron chi connectivity index (χ0n) is 13.6. The molecule has 2 aromatic rings. The van der Waals surface area contributed by atoms with Gasteiger partial charge in [-0.15, -0.1) is 0 Å². The minimum Gasteiger partial charge on any atom is -0.508 e. The van der Waals surface area contributed by atoms with Gasteiger partial charge in [0.2, 0.25) is 5.91 Å². The van der Waals surface area contributed by atoms with Crippen molar-refractivity contribution in [3.63, 3.8) is 0 Å². The van der Waals surface area contributed by atoms with Crippen LogP contribution in [0.25, 0.3) is 0 Å². The van der Waals surface area contributed by atoms with Crippen molar-refractivity contribution in [3.05, 3.63) is 59.7 Å². The Morgan fingerprint density at radius 2 is 1.67 bits per heavy atom. The van der Waals surface area contributed by atoms with Gasteiger partial charge in [0.15, 0.2) is 0 Å². The maximum absolute atomic E-state index is 12.4. The number of aromatic hydroxyl groups is 2. The fourth-order valence-corrected chi connectivity index (χ4v) is 2.97. The highest BCUT2D eigenvalue weighted by Crippen LogP contribution is 2.23. The average molecular weight is 326 g/mol. The molecule has 0 aromatic heterocycles. The van der Waals surface area contributed by atoms with Gasteiger partial charge < -0.3 is 15.1 Å². The summed E-state index contributed by atoms with van der Waals surface area (Å²) in [6.45, 7) is 4.00. The fraction of sp³-hybridized carbons (Fsp3) is 0.316. The molecule has 0 saturated carbocycles. The standard InChI is InChI=1S/C19H22N2O3/c22-17-7-6-16(18(23)13-17)12-19(24)21-10-8-20(9-11-21)14-15-4-2-1-3-5-15/h1-7,13,22-23H,8-12,14H2. The Kier molecular flexibility index (Phi) is 5.01. The molecule has 5 nitrogen and oxygen atoms in total. The molecular formula is C19H22N2O3. The maximum Gasteiger partial charge on any atom is 0.227 e. The number of benzene rings is 2. The molecule has 0 unspecified atom stereocenters. The van der Waals surface area contributed by atoms with Crippen LogP contribution in [0.3, 0.4) is 0 Å². The van der Waals surface area contributed by atoms with Gasteiger partial charge in [0.05, 0.1) is 6.42 Å². The molecule has 0 aliphatic carbocycles. The summed E-state index contributed by atoms with van der Waals surface area (Å²) in [6.07, 6.45) is 0.158. The van der Waals surface area contributed by atoms with Crippen molar-refractivity contribution < 1.29 is 15.0 Å². The van der Waals surface area contributed by atoms with Crippen molar-refractivity contribution in [1.82, 2.24) is 9.80 Å². The molecule has 2 N–H and O–H groups in total. The van der Waals surface area contributed by atoms with E-state index in [0.29, 0.717) is 18.7 Å². The second-order valence-corrected chi connectivity index (χ2v) is 6.13. The quantitative estimate of drug-likeness (QED) is 0.902. The molecule has 1 aliphatic rings. The zero-order valence-corrected chi connectivity index (χ0v) is 13.6. The summed E-state index contributed by atoms with van der Waals surface area (Å²) < 4.78 is 0. The summed E-state index contributed by atoms with van der Waals surface area (Å²) in [7, 11) is 0. The van der Waals surface area contributed by atoms with Gasteiger partial charge in [0.1, 0.15) is 11.5 Å². The number of hydrogen-bond donors (Lipinski definition) is 2. The summed E-state index contributed by atoms with van der Waals surface area (Å²) >= 11 is 0. The first-order valence-electron chi connectivity index (χ1n) is 8.17. The Balaban J connectivity index is 1.51. The van der Waals surface area contributed by atoms with E-state index in [-0.39, 0.29) is 23.8 Å². The molecule has 126 valence electrons. The van der Waals surface area contributed by atoms with Crippen LogP contribution in [0.1, 0.15) is 11.1 Å². The molecule has 1 amide bonds. The summed E-state index contributed by atoms with van der Waals surface area (Å²) in [5.74, 6) is -0.0281. The van der Waals surface area contributed by atoms with E-state index in [9.17, 15) is 15.0 Å². The second-order valence-electron chi connectivity index (χ2n) is 6.13. The summed E-state index contributed by atoms with van der Waals surface area (Å²) in [6, 6.07) is 14.7. The molecule has 1 saturated heterocycles. The molecule has 1 aliphatic heterocycles. The largest absolute Gasteiger partial charge is 0.508 e. The number of rotatable bonds is 4. The van der Waals surface area contributed by atoms with Gasteiger partial charge in [0, 0.05) is 44.4 Å². The summed E-state index contributed by atoms with van der Waals surface area (Å²) in [5.41, 5.74) is 1.83. The lowest BCUT2D eigenvalue weighted by molar-refractivity contribution is -0.132. The van der Waals surface area contributed by atoms with Crippen LogP contribution < -0.4 is 0 Å². The highest BCUT2D eigenvalue weighted by molar-refractivity contribution is 5.79. The second kappa shape index (κ2) is 7.36. The van der Waals surface area contributed by atoms with Crippen molar-refractivity contribution in [2.75, 3.05) is 26.2 Å². The van der Waals surface area contributed by atoms with Crippen LogP contribution in [0.15, 0.2) is 48.5 Å². The van der Waals surface area contributed by atoms with E-state index in [4.69, 9.17) is 0 Å². The molecular weight excluding hydrogens is 304 g/mol. The van der Waals surface area contributed by atoms with Crippen LogP contribution in [0.2, 0.25) is 0 Å². The first-order valence-corrected chi connectivity index (χ1v) is 8.17. The van der Waals surface area contributed by atoms with Crippen LogP contribution in [0.5, 0.6) is 11.5 Å². The van der Waals surface area contributed by atoms with E-state index in [0.717, 1.165) is 19.6 Å². The van der Waals surface area contributed by atoms with Crippen molar-refractivity contribution in [3.8, 4) is 11.5 Å². The lowest BCUT2D eigenvalue weighted by Gasteiger charge is -2.34. The average Bonchev–Trinajstić information content (AvgIpc) is 2.59. The molecule has 2 aromatic carbocycles. The van der Waals surface area contributed by atoms with Gasteiger partial charge >= 0.3 is 0 Å². The van der Waals surface area contributed by atoms with Crippen molar-refractivity contribution in [2.45, 2.75) is 13.0 Å². The van der Waals surface area contributed by atoms with Crippen LogP contribution in [0, 0.1) is 0 Å². The Hall–Kier alpha value is -2.53. The smallest absolute Gasteiger partial charge is 0.227 e. The SMILES string of the molecule is O=C(Cc1ccc(O)cc1O)N1CCN(Cc2ccccc2)CC1. The maximum atomic E-state index is 12.4. The Morgan fingerprint density at radius 1 is 0.958 bits per heavy atom. The molecule has 0 atom stereocenters. The number of carbonyl (C=O) groups is 1. The molecule has 0 bridgehead atoms. The van der Waals surface area contributed by atoms with Gasteiger partial charge in [-0.1, -0.05) is 36.4 Å². The lowest BCUT2D eigenvalue weighted by Crippen LogP contribution is -2.48. The van der Waals surface area contributed by atoms with Gasteiger partial charge in [-0.25, -0.2) is 0 Å². The van der Waals surface area contributed by atoms with Gasteiger partial charge in [-0.3, -0.25) is 9.69 Å². The number of piperazine rings is 1. The van der Waals surface area contributed by atoms with Crippen molar-refractivity contribution >= 4 is 5.91 Å². The molecule has 24 heavy (non-hydrogen) atoms. The normalized spacial score (nSPS) is 15.4. The van der Waals surface area contributed by atoms with Crippen molar-refractivity contribution in [2.24, 2.45) is 0 Å². The minimum atomic E-state index is -0.0361. The van der Waals surface area contributed by atoms with Gasteiger partial charge in [-0.2, -0.15) is 0 Å². The molecule has 0 radical (unpaired) electrons. The van der Waals surface area contributed by atoms with E-state index >= 15 is 0 Å². The third kappa shape index (κ3) is 4.06. The Bertz CT molecular complexity index is 695. The topological polar surface area (TPSA) is 64.0 Å². The molecule has 1 heterocycles. The van der Waals surface area contributed by atoms with Crippen LogP contribution >= 0.6 is 0 Å². The van der Waals surface area contributed by atoms with E-state index in [1.165, 1.54) is 17.7 Å². The molecule has 1 fully saturated rings. The molecule has 3 rings (SSSR count). The lowest BCUT2D eigenvalue weighted by atomic mass is 10.1. The Morgan fingerprint density at radius 3 is 2.33 bits per heavy atom. The van der Waals surface area contributed by atoms with Crippen LogP contribution in [-0.2, 0) is 17.8 Å².